The number of hydrogen-bond acceptors (Lipinski definition) is 3. The third kappa shape index (κ3) is 3.25. The van der Waals surface area contributed by atoms with E-state index >= 15 is 0 Å². The molecule has 1 saturated carbocycles. The predicted octanol–water partition coefficient (Wildman–Crippen LogP) is 3.24. The molecule has 0 unspecified atom stereocenters. The minimum absolute atomic E-state index is 0. The number of H-pyrrole nitrogens is 1. The molecule has 0 atom stereocenters. The number of halogens is 1. The summed E-state index contributed by atoms with van der Waals surface area (Å²) >= 11 is 0. The zero-order valence-corrected chi connectivity index (χ0v) is 12.8. The number of benzene rings is 1. The van der Waals surface area contributed by atoms with Gasteiger partial charge in [-0.3, -0.25) is 5.10 Å². The first-order valence-corrected chi connectivity index (χ1v) is 6.98. The zero-order chi connectivity index (χ0) is 13.2. The maximum absolute atomic E-state index is 6.10. The van der Waals surface area contributed by atoms with Crippen LogP contribution in [0.15, 0.2) is 24.4 Å². The van der Waals surface area contributed by atoms with E-state index in [0.717, 1.165) is 35.5 Å². The molecule has 5 heteroatoms. The molecule has 1 fully saturated rings. The average Bonchev–Trinajstić information content (AvgIpc) is 2.87. The van der Waals surface area contributed by atoms with Crippen molar-refractivity contribution in [3.63, 3.8) is 0 Å². The minimum Gasteiger partial charge on any atom is -0.490 e. The quantitative estimate of drug-likeness (QED) is 0.945. The van der Waals surface area contributed by atoms with E-state index in [4.69, 9.17) is 4.74 Å². The van der Waals surface area contributed by atoms with Crippen molar-refractivity contribution in [3.05, 3.63) is 24.4 Å². The maximum atomic E-state index is 6.10. The zero-order valence-electron chi connectivity index (χ0n) is 12.0. The van der Waals surface area contributed by atoms with E-state index in [0.29, 0.717) is 6.10 Å². The molecule has 3 rings (SSSR count). The van der Waals surface area contributed by atoms with E-state index in [2.05, 4.69) is 35.3 Å². The number of nitrogens with one attached hydrogen (secondary N) is 1. The molecule has 1 heterocycles. The lowest BCUT2D eigenvalue weighted by molar-refractivity contribution is 0.111. The van der Waals surface area contributed by atoms with Crippen molar-refractivity contribution in [3.8, 4) is 5.75 Å². The Bertz CT molecular complexity index is 547. The SMILES string of the molecule is CN(C)[C@H]1CC[C@H](Oc2ccc3[nH]ncc3c2)CC1.Cl. The van der Waals surface area contributed by atoms with Gasteiger partial charge in [-0.25, -0.2) is 0 Å². The number of fused-ring (bicyclic) bond motifs is 1. The van der Waals surface area contributed by atoms with E-state index in [1.807, 2.05) is 18.3 Å². The van der Waals surface area contributed by atoms with Crippen LogP contribution in [0.4, 0.5) is 0 Å². The van der Waals surface area contributed by atoms with Crippen molar-refractivity contribution in [2.24, 2.45) is 0 Å². The summed E-state index contributed by atoms with van der Waals surface area (Å²) in [4.78, 5) is 2.33. The molecule has 0 spiro atoms. The molecule has 0 aliphatic heterocycles. The first kappa shape index (κ1) is 15.1. The molecule has 0 saturated heterocycles. The van der Waals surface area contributed by atoms with Crippen molar-refractivity contribution in [1.82, 2.24) is 15.1 Å². The fourth-order valence-corrected chi connectivity index (χ4v) is 2.87. The van der Waals surface area contributed by atoms with Crippen LogP contribution < -0.4 is 4.74 Å². The summed E-state index contributed by atoms with van der Waals surface area (Å²) < 4.78 is 6.10. The predicted molar refractivity (Wildman–Crippen MR) is 83.7 cm³/mol. The molecule has 1 aromatic carbocycles. The summed E-state index contributed by atoms with van der Waals surface area (Å²) in [5, 5.41) is 8.10. The Labute approximate surface area is 125 Å². The fourth-order valence-electron chi connectivity index (χ4n) is 2.87. The smallest absolute Gasteiger partial charge is 0.120 e. The molecule has 1 aliphatic carbocycles. The first-order chi connectivity index (χ1) is 9.22. The van der Waals surface area contributed by atoms with Crippen LogP contribution in [0.1, 0.15) is 25.7 Å². The van der Waals surface area contributed by atoms with E-state index in [-0.39, 0.29) is 12.4 Å². The highest BCUT2D eigenvalue weighted by molar-refractivity contribution is 5.85. The van der Waals surface area contributed by atoms with Gasteiger partial charge < -0.3 is 9.64 Å². The Morgan fingerprint density at radius 1 is 1.20 bits per heavy atom. The Kier molecular flexibility index (Phi) is 4.89. The van der Waals surface area contributed by atoms with Crippen LogP contribution in [0.5, 0.6) is 5.75 Å². The second-order valence-electron chi connectivity index (χ2n) is 5.63. The highest BCUT2D eigenvalue weighted by atomic mass is 35.5. The molecule has 1 aliphatic rings. The van der Waals surface area contributed by atoms with Gasteiger partial charge in [-0.1, -0.05) is 0 Å². The number of aromatic amines is 1. The van der Waals surface area contributed by atoms with Crippen molar-refractivity contribution in [2.75, 3.05) is 14.1 Å². The highest BCUT2D eigenvalue weighted by Crippen LogP contribution is 2.27. The van der Waals surface area contributed by atoms with Crippen molar-refractivity contribution in [2.45, 2.75) is 37.8 Å². The molecule has 20 heavy (non-hydrogen) atoms. The van der Waals surface area contributed by atoms with Crippen LogP contribution in [0.3, 0.4) is 0 Å². The number of aromatic nitrogens is 2. The van der Waals surface area contributed by atoms with Gasteiger partial charge in [-0.05, 0) is 58.0 Å². The van der Waals surface area contributed by atoms with E-state index in [1.165, 1.54) is 12.8 Å². The maximum Gasteiger partial charge on any atom is 0.120 e. The van der Waals surface area contributed by atoms with Gasteiger partial charge in [0.15, 0.2) is 0 Å². The van der Waals surface area contributed by atoms with E-state index in [9.17, 15) is 0 Å². The molecule has 1 aromatic heterocycles. The normalized spacial score (nSPS) is 22.8. The van der Waals surface area contributed by atoms with Crippen molar-refractivity contribution >= 4 is 23.3 Å². The summed E-state index contributed by atoms with van der Waals surface area (Å²) in [5.74, 6) is 0.960. The largest absolute Gasteiger partial charge is 0.490 e. The molecule has 110 valence electrons. The lowest BCUT2D eigenvalue weighted by atomic mass is 9.92. The van der Waals surface area contributed by atoms with Gasteiger partial charge in [0, 0.05) is 11.4 Å². The summed E-state index contributed by atoms with van der Waals surface area (Å²) in [6.45, 7) is 0. The van der Waals surface area contributed by atoms with E-state index < -0.39 is 0 Å². The number of ether oxygens (including phenoxy) is 1. The minimum atomic E-state index is 0. The Morgan fingerprint density at radius 3 is 2.65 bits per heavy atom. The van der Waals surface area contributed by atoms with Gasteiger partial charge in [-0.15, -0.1) is 12.4 Å². The van der Waals surface area contributed by atoms with Crippen LogP contribution in [0, 0.1) is 0 Å². The second kappa shape index (κ2) is 6.46. The number of nitrogens with zero attached hydrogens (tertiary/aromatic N) is 2. The lowest BCUT2D eigenvalue weighted by Gasteiger charge is -2.32. The highest BCUT2D eigenvalue weighted by Gasteiger charge is 2.23. The van der Waals surface area contributed by atoms with Crippen LogP contribution in [-0.4, -0.2) is 41.3 Å². The molecule has 4 nitrogen and oxygen atoms in total. The topological polar surface area (TPSA) is 41.1 Å². The summed E-state index contributed by atoms with van der Waals surface area (Å²) in [6.07, 6.45) is 6.95. The standard InChI is InChI=1S/C15H21N3O.ClH/c1-18(2)12-3-5-13(6-4-12)19-14-7-8-15-11(9-14)10-16-17-15;/h7-10,12-13H,3-6H2,1-2H3,(H,16,17);1H/t12-,13-;. The van der Waals surface area contributed by atoms with Crippen molar-refractivity contribution < 1.29 is 4.74 Å². The number of hydrogen-bond donors (Lipinski definition) is 1. The average molecular weight is 296 g/mol. The van der Waals surface area contributed by atoms with Crippen LogP contribution in [0.25, 0.3) is 10.9 Å². The number of rotatable bonds is 3. The molecule has 2 aromatic rings. The molecule has 1 N–H and O–H groups in total. The molecule has 0 bridgehead atoms. The Hall–Kier alpha value is -1.26. The van der Waals surface area contributed by atoms with Crippen LogP contribution >= 0.6 is 12.4 Å². The first-order valence-electron chi connectivity index (χ1n) is 6.98. The third-order valence-corrected chi connectivity index (χ3v) is 4.09. The fraction of sp³-hybridized carbons (Fsp3) is 0.533. The lowest BCUT2D eigenvalue weighted by Crippen LogP contribution is -2.35. The van der Waals surface area contributed by atoms with E-state index in [1.54, 1.807) is 0 Å². The molecule has 0 amide bonds. The molecular weight excluding hydrogens is 274 g/mol. The van der Waals surface area contributed by atoms with Crippen LogP contribution in [0.2, 0.25) is 0 Å². The van der Waals surface area contributed by atoms with Crippen LogP contribution in [-0.2, 0) is 0 Å². The summed E-state index contributed by atoms with van der Waals surface area (Å²) in [6, 6.07) is 6.84. The van der Waals surface area contributed by atoms with Gasteiger partial charge >= 0.3 is 0 Å². The molecule has 0 radical (unpaired) electrons. The summed E-state index contributed by atoms with van der Waals surface area (Å²) in [7, 11) is 4.33. The summed E-state index contributed by atoms with van der Waals surface area (Å²) in [5.41, 5.74) is 1.06. The Balaban J connectivity index is 0.00000147. The molecular formula is C15H22ClN3O. The van der Waals surface area contributed by atoms with Gasteiger partial charge in [-0.2, -0.15) is 5.10 Å². The second-order valence-corrected chi connectivity index (χ2v) is 5.63. The Morgan fingerprint density at radius 2 is 1.95 bits per heavy atom. The van der Waals surface area contributed by atoms with Gasteiger partial charge in [0.05, 0.1) is 17.8 Å². The van der Waals surface area contributed by atoms with Gasteiger partial charge in [0.1, 0.15) is 5.75 Å². The van der Waals surface area contributed by atoms with Gasteiger partial charge in [0.2, 0.25) is 0 Å². The monoisotopic (exact) mass is 295 g/mol. The third-order valence-electron chi connectivity index (χ3n) is 4.09. The van der Waals surface area contributed by atoms with Crippen molar-refractivity contribution in [1.29, 1.82) is 0 Å². The van der Waals surface area contributed by atoms with Gasteiger partial charge in [0.25, 0.3) is 0 Å².